The average molecular weight is 474 g/mol. The molecule has 1 fully saturated rings. The van der Waals surface area contributed by atoms with Crippen molar-refractivity contribution in [2.45, 2.75) is 51.9 Å². The van der Waals surface area contributed by atoms with E-state index in [1.165, 1.54) is 12.3 Å². The molecule has 0 saturated carbocycles. The summed E-state index contributed by atoms with van der Waals surface area (Å²) in [6.07, 6.45) is 4.71. The highest BCUT2D eigenvalue weighted by Gasteiger charge is 2.30. The summed E-state index contributed by atoms with van der Waals surface area (Å²) in [5.74, 6) is 0.0533. The maximum Gasteiger partial charge on any atom is 0.245 e. The third-order valence-electron chi connectivity index (χ3n) is 5.65. The van der Waals surface area contributed by atoms with E-state index in [0.717, 1.165) is 38.0 Å². The second kappa shape index (κ2) is 11.3. The number of sulfonamides is 1. The van der Waals surface area contributed by atoms with Gasteiger partial charge in [0.2, 0.25) is 10.0 Å². The predicted molar refractivity (Wildman–Crippen MR) is 135 cm³/mol. The molecular weight excluding hydrogens is 437 g/mol. The third kappa shape index (κ3) is 6.64. The van der Waals surface area contributed by atoms with E-state index >= 15 is 0 Å². The van der Waals surface area contributed by atoms with Crippen LogP contribution in [0.25, 0.3) is 0 Å². The maximum atomic E-state index is 14.0. The minimum atomic E-state index is -3.74. The van der Waals surface area contributed by atoms with Crippen LogP contribution in [0.5, 0.6) is 0 Å². The summed E-state index contributed by atoms with van der Waals surface area (Å²) < 4.78 is 43.5. The summed E-state index contributed by atoms with van der Waals surface area (Å²) in [5, 5.41) is 0. The van der Waals surface area contributed by atoms with Gasteiger partial charge in [-0.25, -0.2) is 12.8 Å². The molecule has 2 aromatic carbocycles. The number of benzene rings is 2. The monoisotopic (exact) mass is 473 g/mol. The smallest absolute Gasteiger partial charge is 0.245 e. The second-order valence-corrected chi connectivity index (χ2v) is 11.5. The fourth-order valence-electron chi connectivity index (χ4n) is 4.13. The summed E-state index contributed by atoms with van der Waals surface area (Å²) in [7, 11) is -3.74. The normalized spacial score (nSPS) is 15.3. The van der Waals surface area contributed by atoms with Gasteiger partial charge in [0.25, 0.3) is 0 Å². The van der Waals surface area contributed by atoms with Crippen LogP contribution in [0.1, 0.15) is 52.5 Å². The summed E-state index contributed by atoms with van der Waals surface area (Å²) >= 11 is 0. The minimum absolute atomic E-state index is 0.208. The Labute approximate surface area is 198 Å². The fourth-order valence-corrected chi connectivity index (χ4v) is 6.13. The van der Waals surface area contributed by atoms with Crippen LogP contribution in [0.2, 0.25) is 0 Å². The van der Waals surface area contributed by atoms with E-state index in [-0.39, 0.29) is 22.5 Å². The number of hydrogen-bond acceptors (Lipinski definition) is 4. The zero-order valence-electron chi connectivity index (χ0n) is 20.2. The van der Waals surface area contributed by atoms with Gasteiger partial charge in [-0.1, -0.05) is 45.9 Å². The van der Waals surface area contributed by atoms with Crippen molar-refractivity contribution in [1.82, 2.24) is 4.31 Å². The first-order valence-electron chi connectivity index (χ1n) is 11.9. The largest absolute Gasteiger partial charge is 0.370 e. The highest BCUT2D eigenvalue weighted by Crippen LogP contribution is 2.34. The Morgan fingerprint density at radius 3 is 2.24 bits per heavy atom. The molecule has 2 aromatic rings. The van der Waals surface area contributed by atoms with Crippen LogP contribution in [-0.4, -0.2) is 45.1 Å². The minimum Gasteiger partial charge on any atom is -0.370 e. The molecule has 0 spiro atoms. The molecular formula is C26H36FN3O2S. The highest BCUT2D eigenvalue weighted by molar-refractivity contribution is 7.89. The lowest BCUT2D eigenvalue weighted by Crippen LogP contribution is -2.38. The molecule has 7 heteroatoms. The lowest BCUT2D eigenvalue weighted by atomic mass is 10.1. The summed E-state index contributed by atoms with van der Waals surface area (Å²) in [4.78, 5) is 6.87. The van der Waals surface area contributed by atoms with E-state index < -0.39 is 10.0 Å². The molecule has 1 aliphatic heterocycles. The van der Waals surface area contributed by atoms with Crippen molar-refractivity contribution < 1.29 is 12.8 Å². The Hall–Kier alpha value is -2.25. The summed E-state index contributed by atoms with van der Waals surface area (Å²) in [6, 6.07) is 11.7. The predicted octanol–water partition coefficient (Wildman–Crippen LogP) is 5.87. The van der Waals surface area contributed by atoms with Crippen molar-refractivity contribution in [3.8, 4) is 0 Å². The zero-order chi connectivity index (χ0) is 24.0. The van der Waals surface area contributed by atoms with Crippen molar-refractivity contribution in [2.75, 3.05) is 31.1 Å². The molecule has 1 saturated heterocycles. The molecule has 180 valence electrons. The van der Waals surface area contributed by atoms with Crippen LogP contribution >= 0.6 is 0 Å². The topological polar surface area (TPSA) is 53.0 Å². The molecule has 33 heavy (non-hydrogen) atoms. The quantitative estimate of drug-likeness (QED) is 0.428. The number of nitrogens with zero attached hydrogens (tertiary/aromatic N) is 3. The van der Waals surface area contributed by atoms with Crippen molar-refractivity contribution in [2.24, 2.45) is 16.8 Å². The maximum absolute atomic E-state index is 14.0. The Morgan fingerprint density at radius 1 is 1.00 bits per heavy atom. The molecule has 0 aliphatic carbocycles. The van der Waals surface area contributed by atoms with E-state index in [9.17, 15) is 12.8 Å². The van der Waals surface area contributed by atoms with E-state index in [1.54, 1.807) is 28.6 Å². The first-order chi connectivity index (χ1) is 15.7. The van der Waals surface area contributed by atoms with Crippen LogP contribution < -0.4 is 4.90 Å². The van der Waals surface area contributed by atoms with Gasteiger partial charge in [-0.2, -0.15) is 4.31 Å². The Kier molecular flexibility index (Phi) is 8.65. The molecule has 1 heterocycles. The Balaban J connectivity index is 2.06. The van der Waals surface area contributed by atoms with Gasteiger partial charge in [-0.05, 0) is 55.4 Å². The summed E-state index contributed by atoms with van der Waals surface area (Å²) in [5.41, 5.74) is 1.59. The number of aliphatic imine (C=N–C) groups is 1. The standard InChI is InChI=1S/C26H36FN3O2S/c1-20(2)18-30(19-21(3)4)33(31,32)26-16-23(28-17-22-10-6-7-11-24(22)27)12-13-25(26)29-14-8-5-9-15-29/h6-7,10-13,16-17,20-21H,5,8-9,14-15,18-19H2,1-4H3. The van der Waals surface area contributed by atoms with Crippen molar-refractivity contribution in [1.29, 1.82) is 0 Å². The molecule has 1 aliphatic rings. The van der Waals surface area contributed by atoms with E-state index in [4.69, 9.17) is 0 Å². The fraction of sp³-hybridized carbons (Fsp3) is 0.500. The number of halogens is 1. The van der Waals surface area contributed by atoms with Gasteiger partial charge in [-0.3, -0.25) is 4.99 Å². The molecule has 0 unspecified atom stereocenters. The van der Waals surface area contributed by atoms with Crippen LogP contribution in [-0.2, 0) is 10.0 Å². The number of anilines is 1. The summed E-state index contributed by atoms with van der Waals surface area (Å²) in [6.45, 7) is 10.7. The van der Waals surface area contributed by atoms with Gasteiger partial charge >= 0.3 is 0 Å². The average Bonchev–Trinajstić information content (AvgIpc) is 2.78. The Morgan fingerprint density at radius 2 is 1.64 bits per heavy atom. The van der Waals surface area contributed by atoms with E-state index in [0.29, 0.717) is 24.3 Å². The molecule has 0 radical (unpaired) electrons. The molecule has 0 amide bonds. The van der Waals surface area contributed by atoms with Gasteiger partial charge in [0.05, 0.1) is 11.4 Å². The molecule has 3 rings (SSSR count). The van der Waals surface area contributed by atoms with Gasteiger partial charge in [-0.15, -0.1) is 0 Å². The lowest BCUT2D eigenvalue weighted by Gasteiger charge is -2.32. The third-order valence-corrected chi connectivity index (χ3v) is 7.51. The van der Waals surface area contributed by atoms with Gasteiger partial charge in [0.15, 0.2) is 0 Å². The van der Waals surface area contributed by atoms with Crippen molar-refractivity contribution in [3.63, 3.8) is 0 Å². The molecule has 0 atom stereocenters. The van der Waals surface area contributed by atoms with Gasteiger partial charge in [0.1, 0.15) is 10.7 Å². The van der Waals surface area contributed by atoms with Crippen LogP contribution in [0.15, 0.2) is 52.4 Å². The van der Waals surface area contributed by atoms with Crippen molar-refractivity contribution >= 4 is 27.6 Å². The second-order valence-electron chi connectivity index (χ2n) is 9.59. The van der Waals surface area contributed by atoms with E-state index in [2.05, 4.69) is 9.89 Å². The number of piperidine rings is 1. The van der Waals surface area contributed by atoms with Crippen LogP contribution in [0.3, 0.4) is 0 Å². The Bertz CT molecular complexity index is 1050. The van der Waals surface area contributed by atoms with E-state index in [1.807, 2.05) is 39.8 Å². The van der Waals surface area contributed by atoms with Gasteiger partial charge in [0, 0.05) is 38.0 Å². The SMILES string of the molecule is CC(C)CN(CC(C)C)S(=O)(=O)c1cc(N=Cc2ccccc2F)ccc1N1CCCCC1. The molecule has 5 nitrogen and oxygen atoms in total. The molecule has 0 bridgehead atoms. The molecule has 0 aromatic heterocycles. The van der Waals surface area contributed by atoms with Crippen molar-refractivity contribution in [3.05, 3.63) is 53.8 Å². The highest BCUT2D eigenvalue weighted by atomic mass is 32.2. The lowest BCUT2D eigenvalue weighted by molar-refractivity contribution is 0.333. The number of rotatable bonds is 9. The molecule has 0 N–H and O–H groups in total. The first kappa shape index (κ1) is 25.4. The van der Waals surface area contributed by atoms with Crippen LogP contribution in [0.4, 0.5) is 15.8 Å². The first-order valence-corrected chi connectivity index (χ1v) is 13.3. The van der Waals surface area contributed by atoms with Gasteiger partial charge < -0.3 is 4.90 Å². The number of hydrogen-bond donors (Lipinski definition) is 0. The zero-order valence-corrected chi connectivity index (χ0v) is 21.0. The van der Waals surface area contributed by atoms with Crippen LogP contribution in [0, 0.1) is 17.7 Å².